The van der Waals surface area contributed by atoms with Crippen molar-refractivity contribution in [1.29, 1.82) is 0 Å². The van der Waals surface area contributed by atoms with Crippen LogP contribution in [0.4, 0.5) is 14.6 Å². The average molecular weight is 686 g/mol. The Bertz CT molecular complexity index is 1980. The largest absolute Gasteiger partial charge is 0.508 e. The van der Waals surface area contributed by atoms with Gasteiger partial charge in [0.1, 0.15) is 34.0 Å². The SMILES string of the molecule is C#Cc1c(F)ccc2cc(O)cc(-c3nc(OC)c4c(N5CCCOCC5)nc(OC[C@]56CCC[C@H]5N(CC5COC5)CCC6)nc4c3F)c12. The molecule has 4 fully saturated rings. The van der Waals surface area contributed by atoms with Crippen LogP contribution in [-0.2, 0) is 9.47 Å². The van der Waals surface area contributed by atoms with Crippen LogP contribution in [0.3, 0.4) is 0 Å². The molecule has 2 aromatic carbocycles. The molecule has 0 unspecified atom stereocenters. The van der Waals surface area contributed by atoms with Gasteiger partial charge in [-0.2, -0.15) is 9.97 Å². The maximum absolute atomic E-state index is 17.1. The Morgan fingerprint density at radius 2 is 1.88 bits per heavy atom. The predicted molar refractivity (Wildman–Crippen MR) is 185 cm³/mol. The van der Waals surface area contributed by atoms with Crippen molar-refractivity contribution in [3.05, 3.63) is 41.5 Å². The van der Waals surface area contributed by atoms with Crippen LogP contribution in [0.5, 0.6) is 17.6 Å². The first-order valence-electron chi connectivity index (χ1n) is 17.5. The van der Waals surface area contributed by atoms with E-state index < -0.39 is 11.6 Å². The number of fused-ring (bicyclic) bond motifs is 3. The van der Waals surface area contributed by atoms with Crippen molar-refractivity contribution < 1.29 is 32.8 Å². The first-order chi connectivity index (χ1) is 24.4. The zero-order valence-electron chi connectivity index (χ0n) is 28.2. The number of pyridine rings is 1. The second-order valence-corrected chi connectivity index (χ2v) is 14.0. The number of piperidine rings is 1. The normalized spacial score (nSPS) is 23.0. The predicted octanol–water partition coefficient (Wildman–Crippen LogP) is 5.71. The summed E-state index contributed by atoms with van der Waals surface area (Å²) in [5.74, 6) is 1.90. The third-order valence-corrected chi connectivity index (χ3v) is 11.0. The quantitative estimate of drug-likeness (QED) is 0.232. The summed E-state index contributed by atoms with van der Waals surface area (Å²) in [5, 5.41) is 11.6. The number of halogens is 2. The molecule has 4 aromatic rings. The van der Waals surface area contributed by atoms with Crippen LogP contribution in [0.25, 0.3) is 32.9 Å². The van der Waals surface area contributed by atoms with E-state index in [9.17, 15) is 9.50 Å². The second-order valence-electron chi connectivity index (χ2n) is 14.0. The number of aromatic hydroxyl groups is 1. The van der Waals surface area contributed by atoms with Gasteiger partial charge in [0, 0.05) is 54.6 Å². The summed E-state index contributed by atoms with van der Waals surface area (Å²) >= 11 is 0. The smallest absolute Gasteiger partial charge is 0.319 e. The van der Waals surface area contributed by atoms with Gasteiger partial charge in [0.15, 0.2) is 5.82 Å². The summed E-state index contributed by atoms with van der Waals surface area (Å²) in [5.41, 5.74) is -0.241. The molecule has 4 aliphatic rings. The minimum Gasteiger partial charge on any atom is -0.508 e. The molecule has 10 nitrogen and oxygen atoms in total. The molecule has 2 aromatic heterocycles. The molecule has 8 rings (SSSR count). The summed E-state index contributed by atoms with van der Waals surface area (Å²) in [6, 6.07) is 5.95. The molecular weight excluding hydrogens is 644 g/mol. The molecule has 0 radical (unpaired) electrons. The van der Waals surface area contributed by atoms with Gasteiger partial charge in [0.2, 0.25) is 5.88 Å². The van der Waals surface area contributed by atoms with Gasteiger partial charge in [0.05, 0.1) is 39.1 Å². The molecule has 0 amide bonds. The van der Waals surface area contributed by atoms with Crippen LogP contribution >= 0.6 is 0 Å². The van der Waals surface area contributed by atoms with Crippen molar-refractivity contribution in [2.24, 2.45) is 11.3 Å². The Labute approximate surface area is 289 Å². The van der Waals surface area contributed by atoms with Crippen molar-refractivity contribution in [2.45, 2.75) is 44.6 Å². The van der Waals surface area contributed by atoms with Crippen molar-refractivity contribution >= 4 is 27.5 Å². The summed E-state index contributed by atoms with van der Waals surface area (Å²) in [4.78, 5) is 18.9. The van der Waals surface area contributed by atoms with Gasteiger partial charge >= 0.3 is 6.01 Å². The van der Waals surface area contributed by atoms with E-state index in [-0.39, 0.29) is 50.8 Å². The van der Waals surface area contributed by atoms with Crippen molar-refractivity contribution in [1.82, 2.24) is 19.9 Å². The number of terminal acetylenes is 1. The Balaban J connectivity index is 1.25. The number of hydrogen-bond donors (Lipinski definition) is 1. The summed E-state index contributed by atoms with van der Waals surface area (Å²) in [6.07, 6.45) is 11.9. The number of rotatable bonds is 8. The molecule has 2 atom stereocenters. The Kier molecular flexibility index (Phi) is 8.83. The number of benzene rings is 2. The zero-order valence-corrected chi connectivity index (χ0v) is 28.2. The lowest BCUT2D eigenvalue weighted by atomic mass is 9.75. The number of likely N-dealkylation sites (tertiary alicyclic amines) is 1. The highest BCUT2D eigenvalue weighted by molar-refractivity contribution is 6.04. The molecule has 3 saturated heterocycles. The number of hydrogen-bond acceptors (Lipinski definition) is 10. The van der Waals surface area contributed by atoms with Gasteiger partial charge in [-0.15, -0.1) is 6.42 Å². The molecule has 50 heavy (non-hydrogen) atoms. The molecule has 1 aliphatic carbocycles. The molecule has 262 valence electrons. The molecular formula is C38H41F2N5O5. The van der Waals surface area contributed by atoms with Crippen LogP contribution in [0.1, 0.15) is 44.1 Å². The standard InChI is InChI=1S/C38H41F2N5O5/c1-3-26-28(39)9-8-24-17-25(46)18-27(30(24)26)33-32(40)34-31(36(41-33)47-2)35(44-13-6-15-48-16-14-44)43-37(42-34)50-22-38-10-4-7-29(38)45(12-5-11-38)19-23-20-49-21-23/h1,8-9,17-18,23,29,46H,4-7,10-16,19-22H2,2H3/t29-,38-/m1/s1. The fourth-order valence-electron chi connectivity index (χ4n) is 8.59. The van der Waals surface area contributed by atoms with Crippen molar-refractivity contribution in [2.75, 3.05) is 71.2 Å². The molecule has 1 saturated carbocycles. The molecule has 3 aliphatic heterocycles. The number of ether oxygens (including phenoxy) is 4. The lowest BCUT2D eigenvalue weighted by Crippen LogP contribution is -2.54. The van der Waals surface area contributed by atoms with E-state index in [4.69, 9.17) is 35.3 Å². The number of methoxy groups -OCH3 is 1. The Hall–Kier alpha value is -4.31. The first kappa shape index (κ1) is 32.9. The van der Waals surface area contributed by atoms with E-state index in [1.165, 1.54) is 31.4 Å². The highest BCUT2D eigenvalue weighted by atomic mass is 19.1. The van der Waals surface area contributed by atoms with Gasteiger partial charge in [-0.1, -0.05) is 18.4 Å². The minimum absolute atomic E-state index is 0.0480. The summed E-state index contributed by atoms with van der Waals surface area (Å²) in [7, 11) is 1.44. The maximum Gasteiger partial charge on any atom is 0.319 e. The molecule has 0 spiro atoms. The van der Waals surface area contributed by atoms with Gasteiger partial charge in [-0.3, -0.25) is 4.90 Å². The average Bonchev–Trinajstić information content (AvgIpc) is 3.35. The van der Waals surface area contributed by atoms with Crippen LogP contribution in [0, 0.1) is 35.3 Å². The monoisotopic (exact) mass is 685 g/mol. The number of nitrogens with zero attached hydrogens (tertiary/aromatic N) is 5. The van der Waals surface area contributed by atoms with Gasteiger partial charge < -0.3 is 29.0 Å². The first-order valence-corrected chi connectivity index (χ1v) is 17.5. The third kappa shape index (κ3) is 5.75. The minimum atomic E-state index is -0.789. The molecule has 1 N–H and O–H groups in total. The highest BCUT2D eigenvalue weighted by Gasteiger charge is 2.49. The van der Waals surface area contributed by atoms with Crippen molar-refractivity contribution in [3.8, 4) is 41.2 Å². The van der Waals surface area contributed by atoms with E-state index in [0.29, 0.717) is 61.5 Å². The lowest BCUT2D eigenvalue weighted by Gasteiger charge is -2.48. The molecule has 0 bridgehead atoms. The summed E-state index contributed by atoms with van der Waals surface area (Å²) in [6.45, 7) is 6.39. The van der Waals surface area contributed by atoms with E-state index >= 15 is 4.39 Å². The van der Waals surface area contributed by atoms with Crippen molar-refractivity contribution in [3.63, 3.8) is 0 Å². The number of aromatic nitrogens is 3. The second kappa shape index (κ2) is 13.4. The van der Waals surface area contributed by atoms with E-state index in [2.05, 4.69) is 15.8 Å². The van der Waals surface area contributed by atoms with Crippen LogP contribution in [0.15, 0.2) is 24.3 Å². The highest BCUT2D eigenvalue weighted by Crippen LogP contribution is 2.49. The van der Waals surface area contributed by atoms with E-state index in [0.717, 1.165) is 64.8 Å². The topological polar surface area (TPSA) is 102 Å². The van der Waals surface area contributed by atoms with Gasteiger partial charge in [-0.25, -0.2) is 13.8 Å². The maximum atomic E-state index is 17.1. The van der Waals surface area contributed by atoms with Crippen LogP contribution in [0.2, 0.25) is 0 Å². The van der Waals surface area contributed by atoms with E-state index in [1.54, 1.807) is 0 Å². The van der Waals surface area contributed by atoms with E-state index in [1.807, 2.05) is 4.90 Å². The Morgan fingerprint density at radius 1 is 1.02 bits per heavy atom. The third-order valence-electron chi connectivity index (χ3n) is 11.0. The molecule has 5 heterocycles. The fraction of sp³-hybridized carbons (Fsp3) is 0.500. The molecule has 12 heteroatoms. The number of anilines is 1. The van der Waals surface area contributed by atoms with Crippen LogP contribution in [-0.4, -0.2) is 97.3 Å². The fourth-order valence-corrected chi connectivity index (χ4v) is 8.59. The number of phenols is 1. The number of phenolic OH excluding ortho intramolecular Hbond substituents is 1. The summed E-state index contributed by atoms with van der Waals surface area (Å²) < 4.78 is 55.7. The Morgan fingerprint density at radius 3 is 2.68 bits per heavy atom. The lowest BCUT2D eigenvalue weighted by molar-refractivity contribution is -0.0731. The van der Waals surface area contributed by atoms with Gasteiger partial charge in [-0.05, 0) is 62.2 Å². The zero-order chi connectivity index (χ0) is 34.4. The van der Waals surface area contributed by atoms with Gasteiger partial charge in [0.25, 0.3) is 0 Å². The van der Waals surface area contributed by atoms with Crippen LogP contribution < -0.4 is 14.4 Å².